The maximum absolute atomic E-state index is 12.0. The number of amides is 2. The van der Waals surface area contributed by atoms with Gasteiger partial charge in [-0.1, -0.05) is 6.07 Å². The number of carbonyl (C=O) groups excluding carboxylic acids is 1. The van der Waals surface area contributed by atoms with E-state index in [9.17, 15) is 9.90 Å². The molecule has 1 aliphatic heterocycles. The van der Waals surface area contributed by atoms with Gasteiger partial charge in [0.1, 0.15) is 0 Å². The monoisotopic (exact) mass is 277 g/mol. The molecule has 0 aromatic carbocycles. The van der Waals surface area contributed by atoms with E-state index in [1.165, 1.54) is 0 Å². The molecule has 1 fully saturated rings. The summed E-state index contributed by atoms with van der Waals surface area (Å²) in [4.78, 5) is 18.1. The van der Waals surface area contributed by atoms with Crippen LogP contribution in [0.3, 0.4) is 0 Å². The molecule has 110 valence electrons. The van der Waals surface area contributed by atoms with Crippen LogP contribution in [0.5, 0.6) is 0 Å². The highest BCUT2D eigenvalue weighted by molar-refractivity contribution is 5.74. The first-order valence-corrected chi connectivity index (χ1v) is 7.24. The molecule has 2 heterocycles. The number of pyridine rings is 1. The lowest BCUT2D eigenvalue weighted by molar-refractivity contribution is 0.129. The van der Waals surface area contributed by atoms with E-state index in [1.807, 2.05) is 25.3 Å². The molecule has 1 aliphatic rings. The Kier molecular flexibility index (Phi) is 5.35. The van der Waals surface area contributed by atoms with Crippen molar-refractivity contribution in [1.82, 2.24) is 15.2 Å². The number of piperidine rings is 1. The second-order valence-corrected chi connectivity index (χ2v) is 5.43. The second-order valence-electron chi connectivity index (χ2n) is 5.43. The normalized spacial score (nSPS) is 18.9. The molecule has 1 atom stereocenters. The summed E-state index contributed by atoms with van der Waals surface area (Å²) in [6, 6.07) is 3.99. The Morgan fingerprint density at radius 1 is 1.55 bits per heavy atom. The molecule has 2 N–H and O–H groups in total. The van der Waals surface area contributed by atoms with E-state index in [1.54, 1.807) is 4.90 Å². The third-order valence-corrected chi connectivity index (χ3v) is 3.73. The zero-order valence-corrected chi connectivity index (χ0v) is 12.0. The number of rotatable bonds is 4. The Labute approximate surface area is 120 Å². The fourth-order valence-electron chi connectivity index (χ4n) is 2.47. The van der Waals surface area contributed by atoms with Gasteiger partial charge in [0.2, 0.25) is 0 Å². The van der Waals surface area contributed by atoms with Crippen LogP contribution in [0.2, 0.25) is 0 Å². The summed E-state index contributed by atoms with van der Waals surface area (Å²) < 4.78 is 0. The van der Waals surface area contributed by atoms with Crippen LogP contribution < -0.4 is 5.32 Å². The number of nitrogens with one attached hydrogen (secondary N) is 1. The minimum Gasteiger partial charge on any atom is -0.396 e. The van der Waals surface area contributed by atoms with Gasteiger partial charge in [-0.05, 0) is 43.7 Å². The summed E-state index contributed by atoms with van der Waals surface area (Å²) in [5.41, 5.74) is 2.13. The van der Waals surface area contributed by atoms with Crippen molar-refractivity contribution in [3.63, 3.8) is 0 Å². The molecule has 0 bridgehead atoms. The number of aryl methyl sites for hydroxylation is 1. The van der Waals surface area contributed by atoms with E-state index in [0.717, 1.165) is 37.1 Å². The minimum atomic E-state index is -0.0248. The van der Waals surface area contributed by atoms with Gasteiger partial charge in [0.15, 0.2) is 0 Å². The summed E-state index contributed by atoms with van der Waals surface area (Å²) >= 11 is 0. The number of hydrogen-bond acceptors (Lipinski definition) is 3. The Hall–Kier alpha value is -1.62. The van der Waals surface area contributed by atoms with Gasteiger partial charge in [-0.3, -0.25) is 4.98 Å². The number of carbonyl (C=O) groups is 1. The number of hydrogen-bond donors (Lipinski definition) is 2. The molecule has 2 rings (SSSR count). The van der Waals surface area contributed by atoms with Crippen molar-refractivity contribution in [3.8, 4) is 0 Å². The topological polar surface area (TPSA) is 65.5 Å². The molecule has 0 spiro atoms. The molecule has 1 unspecified atom stereocenters. The molecular formula is C15H23N3O2. The maximum Gasteiger partial charge on any atom is 0.317 e. The van der Waals surface area contributed by atoms with Gasteiger partial charge in [-0.15, -0.1) is 0 Å². The van der Waals surface area contributed by atoms with Crippen molar-refractivity contribution in [2.75, 3.05) is 26.2 Å². The van der Waals surface area contributed by atoms with Crippen molar-refractivity contribution < 1.29 is 9.90 Å². The van der Waals surface area contributed by atoms with Crippen LogP contribution in [-0.2, 0) is 6.42 Å². The molecule has 1 saturated heterocycles. The summed E-state index contributed by atoms with van der Waals surface area (Å²) in [6.07, 6.45) is 4.62. The van der Waals surface area contributed by atoms with E-state index >= 15 is 0 Å². The zero-order chi connectivity index (χ0) is 14.4. The maximum atomic E-state index is 12.0. The summed E-state index contributed by atoms with van der Waals surface area (Å²) in [7, 11) is 0. The fraction of sp³-hybridized carbons (Fsp3) is 0.600. The summed E-state index contributed by atoms with van der Waals surface area (Å²) in [5, 5.41) is 12.1. The molecule has 0 saturated carbocycles. The van der Waals surface area contributed by atoms with Crippen molar-refractivity contribution >= 4 is 6.03 Å². The highest BCUT2D eigenvalue weighted by atomic mass is 16.3. The Balaban J connectivity index is 1.73. The lowest BCUT2D eigenvalue weighted by atomic mass is 9.99. The molecule has 2 amide bonds. The first kappa shape index (κ1) is 14.8. The lowest BCUT2D eigenvalue weighted by Crippen LogP contribution is -2.46. The van der Waals surface area contributed by atoms with Crippen LogP contribution in [0.15, 0.2) is 18.3 Å². The fourth-order valence-corrected chi connectivity index (χ4v) is 2.47. The van der Waals surface area contributed by atoms with Gasteiger partial charge in [0.25, 0.3) is 0 Å². The molecule has 5 nitrogen and oxygen atoms in total. The van der Waals surface area contributed by atoms with E-state index in [4.69, 9.17) is 0 Å². The molecule has 0 aliphatic carbocycles. The van der Waals surface area contributed by atoms with Crippen LogP contribution in [0.4, 0.5) is 4.79 Å². The number of aromatic nitrogens is 1. The quantitative estimate of drug-likeness (QED) is 0.873. The number of aliphatic hydroxyl groups is 1. The Morgan fingerprint density at radius 2 is 2.40 bits per heavy atom. The largest absolute Gasteiger partial charge is 0.396 e. The van der Waals surface area contributed by atoms with Crippen LogP contribution in [0.25, 0.3) is 0 Å². The predicted molar refractivity (Wildman–Crippen MR) is 77.5 cm³/mol. The van der Waals surface area contributed by atoms with Crippen LogP contribution in [-0.4, -0.2) is 47.3 Å². The third-order valence-electron chi connectivity index (χ3n) is 3.73. The van der Waals surface area contributed by atoms with E-state index < -0.39 is 0 Å². The van der Waals surface area contributed by atoms with Crippen LogP contribution in [0.1, 0.15) is 24.1 Å². The van der Waals surface area contributed by atoms with Crippen LogP contribution >= 0.6 is 0 Å². The SMILES string of the molecule is Cc1ccc(CCNC(=O)N2CCCC(CO)C2)cn1. The second kappa shape index (κ2) is 7.24. The van der Waals surface area contributed by atoms with Gasteiger partial charge in [0, 0.05) is 38.1 Å². The predicted octanol–water partition coefficient (Wildman–Crippen LogP) is 1.35. The zero-order valence-electron chi connectivity index (χ0n) is 12.0. The van der Waals surface area contributed by atoms with E-state index in [-0.39, 0.29) is 18.6 Å². The molecule has 0 radical (unpaired) electrons. The molecular weight excluding hydrogens is 254 g/mol. The highest BCUT2D eigenvalue weighted by Crippen LogP contribution is 2.15. The third kappa shape index (κ3) is 4.20. The minimum absolute atomic E-state index is 0.0248. The number of nitrogens with zero attached hydrogens (tertiary/aromatic N) is 2. The van der Waals surface area contributed by atoms with Gasteiger partial charge in [-0.25, -0.2) is 4.79 Å². The molecule has 20 heavy (non-hydrogen) atoms. The van der Waals surface area contributed by atoms with Gasteiger partial charge in [0.05, 0.1) is 0 Å². The van der Waals surface area contributed by atoms with Crippen LogP contribution in [0, 0.1) is 12.8 Å². The van der Waals surface area contributed by atoms with Gasteiger partial charge >= 0.3 is 6.03 Å². The highest BCUT2D eigenvalue weighted by Gasteiger charge is 2.22. The molecule has 5 heteroatoms. The first-order chi connectivity index (χ1) is 9.69. The smallest absolute Gasteiger partial charge is 0.317 e. The standard InChI is InChI=1S/C15H23N3O2/c1-12-4-5-13(9-17-12)6-7-16-15(20)18-8-2-3-14(10-18)11-19/h4-5,9,14,19H,2-3,6-8,10-11H2,1H3,(H,16,20). The average molecular weight is 277 g/mol. The van der Waals surface area contributed by atoms with Crippen molar-refractivity contribution in [3.05, 3.63) is 29.6 Å². The first-order valence-electron chi connectivity index (χ1n) is 7.24. The Morgan fingerprint density at radius 3 is 3.10 bits per heavy atom. The molecule has 1 aromatic rings. The van der Waals surface area contributed by atoms with Gasteiger partial charge in [-0.2, -0.15) is 0 Å². The molecule has 1 aromatic heterocycles. The lowest BCUT2D eigenvalue weighted by Gasteiger charge is -2.31. The van der Waals surface area contributed by atoms with Crippen molar-refractivity contribution in [2.24, 2.45) is 5.92 Å². The van der Waals surface area contributed by atoms with Crippen molar-refractivity contribution in [2.45, 2.75) is 26.2 Å². The van der Waals surface area contributed by atoms with E-state index in [0.29, 0.717) is 13.1 Å². The average Bonchev–Trinajstić information content (AvgIpc) is 2.49. The van der Waals surface area contributed by atoms with Gasteiger partial charge < -0.3 is 15.3 Å². The number of likely N-dealkylation sites (tertiary alicyclic amines) is 1. The number of urea groups is 1. The van der Waals surface area contributed by atoms with E-state index in [2.05, 4.69) is 10.3 Å². The number of aliphatic hydroxyl groups excluding tert-OH is 1. The summed E-state index contributed by atoms with van der Waals surface area (Å²) in [5.74, 6) is 0.232. The summed E-state index contributed by atoms with van der Waals surface area (Å²) in [6.45, 7) is 4.19. The Bertz CT molecular complexity index is 433. The van der Waals surface area contributed by atoms with Crippen molar-refractivity contribution in [1.29, 1.82) is 0 Å².